The van der Waals surface area contributed by atoms with E-state index < -0.39 is 18.2 Å². The highest BCUT2D eigenvalue weighted by molar-refractivity contribution is 7.09. The lowest BCUT2D eigenvalue weighted by atomic mass is 9.98. The molecule has 0 saturated heterocycles. The Kier molecular flexibility index (Phi) is 5.33. The third-order valence-corrected chi connectivity index (χ3v) is 4.53. The lowest BCUT2D eigenvalue weighted by Gasteiger charge is -2.13. The number of rotatable bonds is 5. The predicted molar refractivity (Wildman–Crippen MR) is 90.9 cm³/mol. The lowest BCUT2D eigenvalue weighted by Crippen LogP contribution is -2.16. The molecule has 2 aromatic rings. The van der Waals surface area contributed by atoms with E-state index >= 15 is 0 Å². The summed E-state index contributed by atoms with van der Waals surface area (Å²) in [5.41, 5.74) is 0.973. The Morgan fingerprint density at radius 3 is 2.54 bits per heavy atom. The van der Waals surface area contributed by atoms with E-state index in [-0.39, 0.29) is 29.0 Å². The maximum atomic E-state index is 13.8. The van der Waals surface area contributed by atoms with Crippen molar-refractivity contribution in [1.82, 2.24) is 4.98 Å². The zero-order valence-electron chi connectivity index (χ0n) is 13.7. The predicted octanol–water partition coefficient (Wildman–Crippen LogP) is 3.39. The van der Waals surface area contributed by atoms with E-state index in [0.29, 0.717) is 5.69 Å². The molecule has 0 aliphatic rings. The number of aliphatic carboxylic acids is 1. The van der Waals surface area contributed by atoms with Gasteiger partial charge in [-0.3, -0.25) is 9.59 Å². The number of hydrogen-bond acceptors (Lipinski definition) is 4. The zero-order chi connectivity index (χ0) is 17.9. The van der Waals surface area contributed by atoms with Gasteiger partial charge in [-0.2, -0.15) is 0 Å². The van der Waals surface area contributed by atoms with Gasteiger partial charge in [-0.25, -0.2) is 9.37 Å². The van der Waals surface area contributed by atoms with Gasteiger partial charge in [0.2, 0.25) is 5.91 Å². The number of hydrogen-bond donors (Lipinski definition) is 2. The van der Waals surface area contributed by atoms with Crippen LogP contribution in [0.4, 0.5) is 10.1 Å². The molecular formula is C17H19FN2O3S. The molecule has 0 spiro atoms. The van der Waals surface area contributed by atoms with Crippen LogP contribution in [0.2, 0.25) is 0 Å². The van der Waals surface area contributed by atoms with E-state index in [4.69, 9.17) is 5.11 Å². The summed E-state index contributed by atoms with van der Waals surface area (Å²) in [7, 11) is 0. The fourth-order valence-corrected chi connectivity index (χ4v) is 2.94. The molecule has 0 unspecified atom stereocenters. The Morgan fingerprint density at radius 1 is 1.29 bits per heavy atom. The van der Waals surface area contributed by atoms with Crippen molar-refractivity contribution in [3.63, 3.8) is 0 Å². The molecule has 0 aliphatic carbocycles. The van der Waals surface area contributed by atoms with Crippen LogP contribution in [0, 0.1) is 5.82 Å². The van der Waals surface area contributed by atoms with Crippen LogP contribution in [0.15, 0.2) is 23.6 Å². The molecule has 1 heterocycles. The molecule has 1 aromatic carbocycles. The third kappa shape index (κ3) is 4.86. The lowest BCUT2D eigenvalue weighted by molar-refractivity contribution is -0.136. The molecule has 0 fully saturated rings. The first-order valence-electron chi connectivity index (χ1n) is 7.40. The summed E-state index contributed by atoms with van der Waals surface area (Å²) in [5.74, 6) is -2.06. The molecule has 0 atom stereocenters. The minimum absolute atomic E-state index is 0.0670. The normalized spacial score (nSPS) is 11.3. The molecule has 128 valence electrons. The third-order valence-electron chi connectivity index (χ3n) is 3.21. The summed E-state index contributed by atoms with van der Waals surface area (Å²) in [6.07, 6.45) is -0.292. The molecule has 0 bridgehead atoms. The highest BCUT2D eigenvalue weighted by Gasteiger charge is 2.19. The van der Waals surface area contributed by atoms with Crippen molar-refractivity contribution in [3.8, 4) is 0 Å². The minimum atomic E-state index is -1.11. The molecule has 7 heteroatoms. The molecule has 1 aromatic heterocycles. The van der Waals surface area contributed by atoms with Gasteiger partial charge in [0.1, 0.15) is 5.82 Å². The Balaban J connectivity index is 2.01. The number of amides is 1. The summed E-state index contributed by atoms with van der Waals surface area (Å²) in [4.78, 5) is 27.1. The number of carboxylic acid groups (broad SMARTS) is 1. The monoisotopic (exact) mass is 350 g/mol. The van der Waals surface area contributed by atoms with Crippen LogP contribution >= 0.6 is 11.3 Å². The van der Waals surface area contributed by atoms with Crippen molar-refractivity contribution in [1.29, 1.82) is 0 Å². The molecular weight excluding hydrogens is 331 g/mol. The SMILES string of the molecule is CC(C)(C)c1nc(CC(=O)Nc2ccc(CC(=O)O)c(F)c2)cs1. The Bertz CT molecular complexity index is 765. The van der Waals surface area contributed by atoms with E-state index in [9.17, 15) is 14.0 Å². The number of carbonyl (C=O) groups excluding carboxylic acids is 1. The smallest absolute Gasteiger partial charge is 0.307 e. The second-order valence-electron chi connectivity index (χ2n) is 6.50. The van der Waals surface area contributed by atoms with E-state index in [1.54, 1.807) is 0 Å². The summed E-state index contributed by atoms with van der Waals surface area (Å²) in [6.45, 7) is 6.16. The minimum Gasteiger partial charge on any atom is -0.481 e. The van der Waals surface area contributed by atoms with Gasteiger partial charge in [-0.05, 0) is 17.7 Å². The standard InChI is InChI=1S/C17H19FN2O3S/c1-17(2,3)16-20-12(9-24-16)8-14(21)19-11-5-4-10(6-15(22)23)13(18)7-11/h4-5,7,9H,6,8H2,1-3H3,(H,19,21)(H,22,23). The number of nitrogens with one attached hydrogen (secondary N) is 1. The topological polar surface area (TPSA) is 79.3 Å². The van der Waals surface area contributed by atoms with Crippen LogP contribution in [0.1, 0.15) is 37.0 Å². The number of anilines is 1. The van der Waals surface area contributed by atoms with Crippen LogP contribution in [0.25, 0.3) is 0 Å². The van der Waals surface area contributed by atoms with E-state index in [2.05, 4.69) is 31.1 Å². The van der Waals surface area contributed by atoms with Gasteiger partial charge in [0.15, 0.2) is 0 Å². The van der Waals surface area contributed by atoms with Gasteiger partial charge in [0, 0.05) is 16.5 Å². The molecule has 24 heavy (non-hydrogen) atoms. The van der Waals surface area contributed by atoms with Crippen molar-refractivity contribution in [2.45, 2.75) is 39.0 Å². The first-order chi connectivity index (χ1) is 11.1. The number of thiazole rings is 1. The van der Waals surface area contributed by atoms with Crippen LogP contribution < -0.4 is 5.32 Å². The molecule has 2 rings (SSSR count). The van der Waals surface area contributed by atoms with Gasteiger partial charge in [-0.1, -0.05) is 26.8 Å². The summed E-state index contributed by atoms with van der Waals surface area (Å²) < 4.78 is 13.8. The average molecular weight is 350 g/mol. The Hall–Kier alpha value is -2.28. The van der Waals surface area contributed by atoms with Crippen molar-refractivity contribution in [2.75, 3.05) is 5.32 Å². The number of benzene rings is 1. The highest BCUT2D eigenvalue weighted by Crippen LogP contribution is 2.25. The zero-order valence-corrected chi connectivity index (χ0v) is 14.5. The van der Waals surface area contributed by atoms with E-state index in [1.807, 2.05) is 5.38 Å². The fraction of sp³-hybridized carbons (Fsp3) is 0.353. The van der Waals surface area contributed by atoms with Crippen molar-refractivity contribution >= 4 is 28.9 Å². The molecule has 0 saturated carbocycles. The Morgan fingerprint density at radius 2 is 2.00 bits per heavy atom. The number of carboxylic acids is 1. The molecule has 5 nitrogen and oxygen atoms in total. The average Bonchev–Trinajstić information content (AvgIpc) is 2.90. The van der Waals surface area contributed by atoms with Crippen molar-refractivity contribution < 1.29 is 19.1 Å². The number of carbonyl (C=O) groups is 2. The van der Waals surface area contributed by atoms with Crippen LogP contribution in [0.3, 0.4) is 0 Å². The maximum absolute atomic E-state index is 13.8. The first kappa shape index (κ1) is 18.1. The maximum Gasteiger partial charge on any atom is 0.307 e. The summed E-state index contributed by atoms with van der Waals surface area (Å²) >= 11 is 1.51. The number of aromatic nitrogens is 1. The van der Waals surface area contributed by atoms with E-state index in [0.717, 1.165) is 11.1 Å². The molecule has 1 amide bonds. The molecule has 2 N–H and O–H groups in total. The molecule has 0 radical (unpaired) electrons. The van der Waals surface area contributed by atoms with Gasteiger partial charge in [0.25, 0.3) is 0 Å². The van der Waals surface area contributed by atoms with Gasteiger partial charge < -0.3 is 10.4 Å². The van der Waals surface area contributed by atoms with E-state index in [1.165, 1.54) is 23.5 Å². The van der Waals surface area contributed by atoms with Gasteiger partial charge in [-0.15, -0.1) is 11.3 Å². The largest absolute Gasteiger partial charge is 0.481 e. The fourth-order valence-electron chi connectivity index (χ4n) is 2.03. The number of halogens is 1. The first-order valence-corrected chi connectivity index (χ1v) is 8.28. The summed E-state index contributed by atoms with van der Waals surface area (Å²) in [6, 6.07) is 3.97. The van der Waals surface area contributed by atoms with Gasteiger partial charge in [0.05, 0.1) is 23.5 Å². The highest BCUT2D eigenvalue weighted by atomic mass is 32.1. The van der Waals surface area contributed by atoms with Crippen LogP contribution in [-0.4, -0.2) is 22.0 Å². The van der Waals surface area contributed by atoms with Crippen LogP contribution in [0.5, 0.6) is 0 Å². The van der Waals surface area contributed by atoms with Gasteiger partial charge >= 0.3 is 5.97 Å². The van der Waals surface area contributed by atoms with Crippen LogP contribution in [-0.2, 0) is 27.8 Å². The van der Waals surface area contributed by atoms with Crippen molar-refractivity contribution in [2.24, 2.45) is 0 Å². The Labute approximate surface area is 143 Å². The van der Waals surface area contributed by atoms with Crippen molar-refractivity contribution in [3.05, 3.63) is 45.7 Å². The second-order valence-corrected chi connectivity index (χ2v) is 7.35. The quantitative estimate of drug-likeness (QED) is 0.866. The summed E-state index contributed by atoms with van der Waals surface area (Å²) in [5, 5.41) is 14.1. The molecule has 0 aliphatic heterocycles. The second kappa shape index (κ2) is 7.09. The number of nitrogens with zero attached hydrogens (tertiary/aromatic N) is 1.